The van der Waals surface area contributed by atoms with E-state index in [1.165, 1.54) is 21.9 Å². The quantitative estimate of drug-likeness (QED) is 0.894. The van der Waals surface area contributed by atoms with E-state index in [0.29, 0.717) is 4.96 Å². The molecule has 2 unspecified atom stereocenters. The van der Waals surface area contributed by atoms with Gasteiger partial charge in [-0.3, -0.25) is 14.0 Å². The molecular formula is C15H19N3O3S. The van der Waals surface area contributed by atoms with Crippen molar-refractivity contribution in [2.24, 2.45) is 5.92 Å². The number of hydrogen-bond donors (Lipinski definition) is 2. The Morgan fingerprint density at radius 1 is 1.50 bits per heavy atom. The Bertz CT molecular complexity index is 752. The van der Waals surface area contributed by atoms with Gasteiger partial charge in [-0.1, -0.05) is 12.8 Å². The van der Waals surface area contributed by atoms with Crippen molar-refractivity contribution in [2.75, 3.05) is 6.61 Å². The average Bonchev–Trinajstić information content (AvgIpc) is 2.89. The van der Waals surface area contributed by atoms with E-state index in [2.05, 4.69) is 10.3 Å². The van der Waals surface area contributed by atoms with Crippen LogP contribution in [0.1, 0.15) is 40.9 Å². The van der Waals surface area contributed by atoms with Gasteiger partial charge in [0.1, 0.15) is 5.56 Å². The van der Waals surface area contributed by atoms with Gasteiger partial charge in [-0.25, -0.2) is 4.98 Å². The van der Waals surface area contributed by atoms with Crippen molar-refractivity contribution < 1.29 is 9.90 Å². The van der Waals surface area contributed by atoms with Gasteiger partial charge in [0, 0.05) is 35.8 Å². The van der Waals surface area contributed by atoms with Crippen LogP contribution < -0.4 is 10.9 Å². The number of rotatable bonds is 3. The van der Waals surface area contributed by atoms with Crippen molar-refractivity contribution in [2.45, 2.75) is 38.6 Å². The van der Waals surface area contributed by atoms with Crippen LogP contribution >= 0.6 is 11.3 Å². The van der Waals surface area contributed by atoms with Gasteiger partial charge in [-0.05, 0) is 19.8 Å². The first-order chi connectivity index (χ1) is 10.6. The maximum atomic E-state index is 12.4. The van der Waals surface area contributed by atoms with Crippen LogP contribution in [0.2, 0.25) is 0 Å². The predicted octanol–water partition coefficient (Wildman–Crippen LogP) is 1.35. The van der Waals surface area contributed by atoms with Crippen molar-refractivity contribution in [1.29, 1.82) is 0 Å². The van der Waals surface area contributed by atoms with E-state index in [1.54, 1.807) is 6.20 Å². The van der Waals surface area contributed by atoms with E-state index in [9.17, 15) is 14.7 Å². The van der Waals surface area contributed by atoms with Crippen LogP contribution in [0.5, 0.6) is 0 Å². The van der Waals surface area contributed by atoms with Gasteiger partial charge in [0.25, 0.3) is 11.5 Å². The second-order valence-corrected chi connectivity index (χ2v) is 6.99. The molecule has 2 aromatic rings. The van der Waals surface area contributed by atoms with Crippen LogP contribution in [-0.4, -0.2) is 33.0 Å². The molecule has 1 aliphatic rings. The van der Waals surface area contributed by atoms with Gasteiger partial charge in [-0.2, -0.15) is 0 Å². The van der Waals surface area contributed by atoms with Crippen molar-refractivity contribution in [3.8, 4) is 0 Å². The van der Waals surface area contributed by atoms with Crippen LogP contribution in [0.3, 0.4) is 0 Å². The monoisotopic (exact) mass is 321 g/mol. The third-order valence-electron chi connectivity index (χ3n) is 4.23. The third-order valence-corrected chi connectivity index (χ3v) is 5.14. The lowest BCUT2D eigenvalue weighted by molar-refractivity contribution is 0.0870. The molecule has 3 rings (SSSR count). The van der Waals surface area contributed by atoms with E-state index in [0.717, 1.165) is 30.6 Å². The summed E-state index contributed by atoms with van der Waals surface area (Å²) in [5.41, 5.74) is -0.291. The molecule has 0 saturated heterocycles. The Hall–Kier alpha value is -1.73. The maximum absolute atomic E-state index is 12.4. The number of thiazole rings is 1. The summed E-state index contributed by atoms with van der Waals surface area (Å²) >= 11 is 1.41. The molecule has 0 aromatic carbocycles. The zero-order chi connectivity index (χ0) is 15.7. The van der Waals surface area contributed by atoms with Gasteiger partial charge >= 0.3 is 0 Å². The molecule has 1 amide bonds. The lowest BCUT2D eigenvalue weighted by atomic mass is 9.85. The molecule has 2 aromatic heterocycles. The SMILES string of the molecule is Cc1cn2c(=O)c(C(=O)NC3CCCCC3CO)cnc2s1. The van der Waals surface area contributed by atoms with Gasteiger partial charge < -0.3 is 10.4 Å². The Balaban J connectivity index is 1.85. The molecule has 1 saturated carbocycles. The number of aliphatic hydroxyl groups excluding tert-OH is 1. The van der Waals surface area contributed by atoms with Gasteiger partial charge in [0.2, 0.25) is 0 Å². The minimum absolute atomic E-state index is 0.0533. The number of fused-ring (bicyclic) bond motifs is 1. The summed E-state index contributed by atoms with van der Waals surface area (Å²) in [7, 11) is 0. The van der Waals surface area contributed by atoms with Crippen LogP contribution in [0, 0.1) is 12.8 Å². The Kier molecular flexibility index (Phi) is 4.26. The lowest BCUT2D eigenvalue weighted by Gasteiger charge is -2.30. The summed E-state index contributed by atoms with van der Waals surface area (Å²) in [6.45, 7) is 1.96. The zero-order valence-corrected chi connectivity index (χ0v) is 13.2. The summed E-state index contributed by atoms with van der Waals surface area (Å²) in [5.74, 6) is -0.332. The molecule has 2 atom stereocenters. The fourth-order valence-electron chi connectivity index (χ4n) is 3.01. The normalized spacial score (nSPS) is 21.9. The second-order valence-electron chi connectivity index (χ2n) is 5.78. The highest BCUT2D eigenvalue weighted by Crippen LogP contribution is 2.24. The lowest BCUT2D eigenvalue weighted by Crippen LogP contribution is -2.45. The molecule has 6 nitrogen and oxygen atoms in total. The maximum Gasteiger partial charge on any atom is 0.271 e. The van der Waals surface area contributed by atoms with Crippen LogP contribution in [0.4, 0.5) is 0 Å². The number of carbonyl (C=O) groups is 1. The fourth-order valence-corrected chi connectivity index (χ4v) is 3.80. The van der Waals surface area contributed by atoms with Crippen molar-refractivity contribution in [1.82, 2.24) is 14.7 Å². The summed E-state index contributed by atoms with van der Waals surface area (Å²) < 4.78 is 1.42. The Morgan fingerprint density at radius 2 is 2.27 bits per heavy atom. The van der Waals surface area contributed by atoms with E-state index in [4.69, 9.17) is 0 Å². The molecule has 1 aliphatic carbocycles. The molecule has 0 aliphatic heterocycles. The van der Waals surface area contributed by atoms with Crippen LogP contribution in [0.25, 0.3) is 4.96 Å². The number of nitrogens with one attached hydrogen (secondary N) is 1. The molecule has 0 spiro atoms. The number of hydrogen-bond acceptors (Lipinski definition) is 5. The summed E-state index contributed by atoms with van der Waals surface area (Å²) in [6, 6.07) is -0.0736. The average molecular weight is 321 g/mol. The minimum Gasteiger partial charge on any atom is -0.396 e. The zero-order valence-electron chi connectivity index (χ0n) is 12.4. The number of amides is 1. The number of carbonyl (C=O) groups excluding carboxylic acids is 1. The predicted molar refractivity (Wildman–Crippen MR) is 84.4 cm³/mol. The minimum atomic E-state index is -0.402. The topological polar surface area (TPSA) is 83.7 Å². The molecular weight excluding hydrogens is 302 g/mol. The smallest absolute Gasteiger partial charge is 0.271 e. The summed E-state index contributed by atoms with van der Waals surface area (Å²) in [4.78, 5) is 30.5. The number of aryl methyl sites for hydroxylation is 1. The first-order valence-corrected chi connectivity index (χ1v) is 8.31. The molecule has 118 valence electrons. The highest BCUT2D eigenvalue weighted by Gasteiger charge is 2.27. The first kappa shape index (κ1) is 15.2. The van der Waals surface area contributed by atoms with Gasteiger partial charge in [0.15, 0.2) is 4.96 Å². The molecule has 2 N–H and O–H groups in total. The molecule has 0 bridgehead atoms. The Labute approximate surface area is 131 Å². The van der Waals surface area contributed by atoms with Crippen LogP contribution in [0.15, 0.2) is 17.2 Å². The third kappa shape index (κ3) is 2.78. The molecule has 1 fully saturated rings. The largest absolute Gasteiger partial charge is 0.396 e. The highest BCUT2D eigenvalue weighted by atomic mass is 32.1. The van der Waals surface area contributed by atoms with E-state index < -0.39 is 5.91 Å². The van der Waals surface area contributed by atoms with E-state index in [1.807, 2.05) is 6.92 Å². The van der Waals surface area contributed by atoms with Crippen molar-refractivity contribution >= 4 is 22.2 Å². The van der Waals surface area contributed by atoms with Gasteiger partial charge in [0.05, 0.1) is 0 Å². The molecule has 0 radical (unpaired) electrons. The highest BCUT2D eigenvalue weighted by molar-refractivity contribution is 7.16. The van der Waals surface area contributed by atoms with E-state index >= 15 is 0 Å². The molecule has 2 heterocycles. The number of aromatic nitrogens is 2. The van der Waals surface area contributed by atoms with Crippen molar-refractivity contribution in [3.05, 3.63) is 33.2 Å². The standard InChI is InChI=1S/C15H19N3O3S/c1-9-7-18-14(21)11(6-16-15(18)22-9)13(20)17-12-5-3-2-4-10(12)8-19/h6-7,10,12,19H,2-5,8H2,1H3,(H,17,20). The number of aliphatic hydroxyl groups is 1. The van der Waals surface area contributed by atoms with Crippen molar-refractivity contribution in [3.63, 3.8) is 0 Å². The van der Waals surface area contributed by atoms with E-state index in [-0.39, 0.29) is 29.7 Å². The second kappa shape index (κ2) is 6.18. The first-order valence-electron chi connectivity index (χ1n) is 7.49. The Morgan fingerprint density at radius 3 is 3.05 bits per heavy atom. The summed E-state index contributed by atoms with van der Waals surface area (Å²) in [6.07, 6.45) is 6.89. The molecule has 7 heteroatoms. The number of nitrogens with zero attached hydrogens (tertiary/aromatic N) is 2. The fraction of sp³-hybridized carbons (Fsp3) is 0.533. The van der Waals surface area contributed by atoms with Crippen LogP contribution in [-0.2, 0) is 0 Å². The summed E-state index contributed by atoms with van der Waals surface area (Å²) in [5, 5.41) is 12.3. The molecule has 22 heavy (non-hydrogen) atoms. The van der Waals surface area contributed by atoms with Gasteiger partial charge in [-0.15, -0.1) is 11.3 Å².